The average Bonchev–Trinajstić information content (AvgIpc) is 2.38. The van der Waals surface area contributed by atoms with Crippen molar-refractivity contribution < 1.29 is 0 Å². The molecule has 17 heavy (non-hydrogen) atoms. The molecule has 2 heteroatoms. The number of rotatable bonds is 4. The summed E-state index contributed by atoms with van der Waals surface area (Å²) in [6.45, 7) is 3.10. The van der Waals surface area contributed by atoms with Crippen molar-refractivity contribution in [1.29, 1.82) is 0 Å². The maximum absolute atomic E-state index is 6.04. The molecule has 0 aliphatic heterocycles. The first kappa shape index (κ1) is 12.9. The van der Waals surface area contributed by atoms with Crippen LogP contribution in [0, 0.1) is 12.8 Å². The lowest BCUT2D eigenvalue weighted by Crippen LogP contribution is -2.38. The van der Waals surface area contributed by atoms with Gasteiger partial charge >= 0.3 is 0 Å². The van der Waals surface area contributed by atoms with Crippen LogP contribution in [-0.2, 0) is 6.54 Å². The van der Waals surface area contributed by atoms with E-state index < -0.39 is 0 Å². The van der Waals surface area contributed by atoms with Crippen LogP contribution < -0.4 is 5.32 Å². The molecule has 1 aromatic rings. The molecular weight excluding hydrogens is 230 g/mol. The van der Waals surface area contributed by atoms with Crippen LogP contribution in [0.5, 0.6) is 0 Å². The van der Waals surface area contributed by atoms with Gasteiger partial charge < -0.3 is 5.32 Å². The summed E-state index contributed by atoms with van der Waals surface area (Å²) in [6, 6.07) is 9.39. The zero-order valence-corrected chi connectivity index (χ0v) is 11.3. The maximum Gasteiger partial charge on any atom is 0.0266 e. The lowest BCUT2D eigenvalue weighted by Gasteiger charge is -2.31. The fraction of sp³-hybridized carbons (Fsp3) is 0.600. The predicted octanol–water partition coefficient (Wildman–Crippen LogP) is 3.88. The van der Waals surface area contributed by atoms with Gasteiger partial charge in [-0.25, -0.2) is 0 Å². The minimum absolute atomic E-state index is 0.613. The molecule has 1 fully saturated rings. The molecule has 2 atom stereocenters. The summed E-state index contributed by atoms with van der Waals surface area (Å²) < 4.78 is 0. The molecular formula is C15H22ClN. The third-order valence-corrected chi connectivity index (χ3v) is 4.19. The number of alkyl halides is 1. The van der Waals surface area contributed by atoms with Crippen molar-refractivity contribution in [1.82, 2.24) is 5.32 Å². The number of nitrogens with one attached hydrogen (secondary N) is 1. The van der Waals surface area contributed by atoms with Gasteiger partial charge in [0.25, 0.3) is 0 Å². The minimum Gasteiger partial charge on any atom is -0.310 e. The van der Waals surface area contributed by atoms with Crippen molar-refractivity contribution in [3.63, 3.8) is 0 Å². The number of benzene rings is 1. The fourth-order valence-electron chi connectivity index (χ4n) is 2.62. The van der Waals surface area contributed by atoms with Crippen LogP contribution in [0.1, 0.15) is 36.8 Å². The Bertz CT molecular complexity index is 333. The lowest BCUT2D eigenvalue weighted by molar-refractivity contribution is 0.282. The van der Waals surface area contributed by atoms with Gasteiger partial charge in [0.1, 0.15) is 0 Å². The summed E-state index contributed by atoms with van der Waals surface area (Å²) in [7, 11) is 0. The molecule has 0 radical (unpaired) electrons. The summed E-state index contributed by atoms with van der Waals surface area (Å²) in [6.07, 6.45) is 5.26. The van der Waals surface area contributed by atoms with Crippen LogP contribution in [0.25, 0.3) is 0 Å². The first-order chi connectivity index (χ1) is 8.29. The highest BCUT2D eigenvalue weighted by molar-refractivity contribution is 6.18. The number of halogens is 1. The van der Waals surface area contributed by atoms with Crippen LogP contribution in [0.15, 0.2) is 24.3 Å². The van der Waals surface area contributed by atoms with E-state index in [2.05, 4.69) is 36.5 Å². The van der Waals surface area contributed by atoms with Crippen molar-refractivity contribution in [3.8, 4) is 0 Å². The van der Waals surface area contributed by atoms with Gasteiger partial charge in [0.2, 0.25) is 0 Å². The summed E-state index contributed by atoms with van der Waals surface area (Å²) in [5.74, 6) is 1.46. The quantitative estimate of drug-likeness (QED) is 0.801. The van der Waals surface area contributed by atoms with Crippen molar-refractivity contribution in [3.05, 3.63) is 35.4 Å². The molecule has 1 aliphatic rings. The second kappa shape index (κ2) is 6.42. The van der Waals surface area contributed by atoms with E-state index in [0.717, 1.165) is 12.4 Å². The average molecular weight is 252 g/mol. The largest absolute Gasteiger partial charge is 0.310 e. The van der Waals surface area contributed by atoms with Crippen LogP contribution in [0.3, 0.4) is 0 Å². The highest BCUT2D eigenvalue weighted by Gasteiger charge is 2.23. The molecule has 1 nitrogen and oxygen atoms in total. The second-order valence-electron chi connectivity index (χ2n) is 5.17. The summed E-state index contributed by atoms with van der Waals surface area (Å²) in [5, 5.41) is 3.67. The molecule has 1 aliphatic carbocycles. The van der Waals surface area contributed by atoms with Crippen LogP contribution in [-0.4, -0.2) is 11.9 Å². The molecule has 2 rings (SSSR count). The third kappa shape index (κ3) is 3.72. The van der Waals surface area contributed by atoms with Gasteiger partial charge in [-0.1, -0.05) is 42.7 Å². The number of aryl methyl sites for hydroxylation is 1. The Hall–Kier alpha value is -0.530. The normalized spacial score (nSPS) is 24.8. The lowest BCUT2D eigenvalue weighted by atomic mass is 9.85. The molecule has 0 bridgehead atoms. The maximum atomic E-state index is 6.04. The van der Waals surface area contributed by atoms with Crippen molar-refractivity contribution in [2.75, 3.05) is 5.88 Å². The topological polar surface area (TPSA) is 12.0 Å². The molecule has 0 heterocycles. The third-order valence-electron chi connectivity index (χ3n) is 3.80. The molecule has 0 aromatic heterocycles. The molecule has 0 amide bonds. The summed E-state index contributed by atoms with van der Waals surface area (Å²) >= 11 is 6.04. The monoisotopic (exact) mass is 251 g/mol. The van der Waals surface area contributed by atoms with E-state index in [1.54, 1.807) is 0 Å². The molecule has 1 N–H and O–H groups in total. The molecule has 2 unspecified atom stereocenters. The smallest absolute Gasteiger partial charge is 0.0266 e. The first-order valence-corrected chi connectivity index (χ1v) is 7.18. The number of hydrogen-bond acceptors (Lipinski definition) is 1. The molecule has 0 saturated heterocycles. The Balaban J connectivity index is 1.86. The zero-order valence-electron chi connectivity index (χ0n) is 10.6. The van der Waals surface area contributed by atoms with E-state index in [1.807, 2.05) is 0 Å². The van der Waals surface area contributed by atoms with Gasteiger partial charge in [-0.2, -0.15) is 0 Å². The molecule has 1 saturated carbocycles. The molecule has 1 aromatic carbocycles. The van der Waals surface area contributed by atoms with E-state index in [9.17, 15) is 0 Å². The summed E-state index contributed by atoms with van der Waals surface area (Å²) in [4.78, 5) is 0. The second-order valence-corrected chi connectivity index (χ2v) is 5.48. The van der Waals surface area contributed by atoms with E-state index in [0.29, 0.717) is 12.0 Å². The number of hydrogen-bond donors (Lipinski definition) is 1. The van der Waals surface area contributed by atoms with Gasteiger partial charge in [0, 0.05) is 18.5 Å². The van der Waals surface area contributed by atoms with Crippen molar-refractivity contribution >= 4 is 11.6 Å². The Morgan fingerprint density at radius 2 is 1.88 bits per heavy atom. The van der Waals surface area contributed by atoms with Crippen LogP contribution >= 0.6 is 11.6 Å². The molecule has 94 valence electrons. The van der Waals surface area contributed by atoms with E-state index in [4.69, 9.17) is 11.6 Å². The Labute approximate surface area is 110 Å². The Morgan fingerprint density at radius 1 is 1.18 bits per heavy atom. The van der Waals surface area contributed by atoms with Crippen molar-refractivity contribution in [2.24, 2.45) is 5.92 Å². The Kier molecular flexibility index (Phi) is 4.87. The standard InChI is InChI=1S/C15H22ClN/c1-12-6-8-13(9-7-12)11-17-15-5-3-2-4-14(15)10-16/h6-9,14-15,17H,2-5,10-11H2,1H3. The van der Waals surface area contributed by atoms with Crippen LogP contribution in [0.2, 0.25) is 0 Å². The highest BCUT2D eigenvalue weighted by atomic mass is 35.5. The fourth-order valence-corrected chi connectivity index (χ4v) is 2.99. The molecule has 0 spiro atoms. The van der Waals surface area contributed by atoms with Gasteiger partial charge in [-0.05, 0) is 31.2 Å². The van der Waals surface area contributed by atoms with E-state index in [-0.39, 0.29) is 0 Å². The highest BCUT2D eigenvalue weighted by Crippen LogP contribution is 2.25. The van der Waals surface area contributed by atoms with E-state index >= 15 is 0 Å². The van der Waals surface area contributed by atoms with Gasteiger partial charge in [0.15, 0.2) is 0 Å². The van der Waals surface area contributed by atoms with Crippen LogP contribution in [0.4, 0.5) is 0 Å². The minimum atomic E-state index is 0.613. The van der Waals surface area contributed by atoms with Gasteiger partial charge in [0.05, 0.1) is 0 Å². The summed E-state index contributed by atoms with van der Waals surface area (Å²) in [5.41, 5.74) is 2.69. The van der Waals surface area contributed by atoms with Crippen molar-refractivity contribution in [2.45, 2.75) is 45.2 Å². The predicted molar refractivity (Wildman–Crippen MR) is 74.5 cm³/mol. The van der Waals surface area contributed by atoms with Gasteiger partial charge in [-0.3, -0.25) is 0 Å². The SMILES string of the molecule is Cc1ccc(CNC2CCCCC2CCl)cc1. The van der Waals surface area contributed by atoms with Gasteiger partial charge in [-0.15, -0.1) is 11.6 Å². The van der Waals surface area contributed by atoms with E-state index in [1.165, 1.54) is 36.8 Å². The first-order valence-electron chi connectivity index (χ1n) is 6.64. The zero-order chi connectivity index (χ0) is 12.1. The Morgan fingerprint density at radius 3 is 2.59 bits per heavy atom.